The Balaban J connectivity index is 3.29. The third-order valence-electron chi connectivity index (χ3n) is 3.33. The summed E-state index contributed by atoms with van der Waals surface area (Å²) in [6, 6.07) is 2.77. The number of nitro groups is 1. The molecule has 1 rings (SSSR count). The molecule has 0 heterocycles. The molecule has 0 aliphatic carbocycles. The molecule has 0 aliphatic heterocycles. The number of halogens is 2. The summed E-state index contributed by atoms with van der Waals surface area (Å²) in [5.41, 5.74) is -3.07. The standard InChI is InChI=1S/C13H13F2N3O3/c1-3-13(4-2,7-16)12(19)17-11-9(15)5-8(14)6-10(11)18(20)21/h5-6H,3-4H2,1-2H3,(H,17,19). The summed E-state index contributed by atoms with van der Waals surface area (Å²) in [5.74, 6) is -3.26. The Hall–Kier alpha value is -2.56. The molecule has 0 aromatic heterocycles. The van der Waals surface area contributed by atoms with Crippen LogP contribution in [0.15, 0.2) is 12.1 Å². The van der Waals surface area contributed by atoms with Crippen molar-refractivity contribution >= 4 is 17.3 Å². The molecule has 0 spiro atoms. The Kier molecular flexibility index (Phi) is 4.92. The number of nitriles is 1. The number of anilines is 1. The molecule has 1 N–H and O–H groups in total. The highest BCUT2D eigenvalue weighted by molar-refractivity contribution is 5.98. The minimum Gasteiger partial charge on any atom is -0.317 e. The number of benzene rings is 1. The summed E-state index contributed by atoms with van der Waals surface area (Å²) in [4.78, 5) is 21.9. The molecule has 0 atom stereocenters. The van der Waals surface area contributed by atoms with E-state index in [-0.39, 0.29) is 12.8 Å². The van der Waals surface area contributed by atoms with Gasteiger partial charge in [-0.25, -0.2) is 8.78 Å². The second kappa shape index (κ2) is 6.26. The average molecular weight is 297 g/mol. The van der Waals surface area contributed by atoms with E-state index in [1.165, 1.54) is 0 Å². The molecular weight excluding hydrogens is 284 g/mol. The van der Waals surface area contributed by atoms with Crippen LogP contribution in [0.4, 0.5) is 20.2 Å². The molecule has 21 heavy (non-hydrogen) atoms. The van der Waals surface area contributed by atoms with Gasteiger partial charge < -0.3 is 5.32 Å². The summed E-state index contributed by atoms with van der Waals surface area (Å²) in [7, 11) is 0. The van der Waals surface area contributed by atoms with Crippen LogP contribution in [0.25, 0.3) is 0 Å². The molecule has 0 radical (unpaired) electrons. The first kappa shape index (κ1) is 16.5. The van der Waals surface area contributed by atoms with E-state index in [0.717, 1.165) is 0 Å². The SMILES string of the molecule is CCC(C#N)(CC)C(=O)Nc1c(F)cc(F)cc1[N+](=O)[O-]. The normalized spacial score (nSPS) is 10.8. The fraction of sp³-hybridized carbons (Fsp3) is 0.385. The molecule has 0 saturated heterocycles. The molecule has 112 valence electrons. The predicted molar refractivity (Wildman–Crippen MR) is 70.3 cm³/mol. The lowest BCUT2D eigenvalue weighted by Crippen LogP contribution is -2.34. The number of hydrogen-bond donors (Lipinski definition) is 1. The minimum absolute atomic E-state index is 0.155. The van der Waals surface area contributed by atoms with E-state index in [2.05, 4.69) is 0 Å². The highest BCUT2D eigenvalue weighted by Crippen LogP contribution is 2.32. The van der Waals surface area contributed by atoms with E-state index in [4.69, 9.17) is 5.26 Å². The van der Waals surface area contributed by atoms with Gasteiger partial charge >= 0.3 is 0 Å². The Morgan fingerprint density at radius 2 is 2.00 bits per heavy atom. The number of carbonyl (C=O) groups excluding carboxylic acids is 1. The van der Waals surface area contributed by atoms with Gasteiger partial charge in [-0.15, -0.1) is 0 Å². The fourth-order valence-corrected chi connectivity index (χ4v) is 1.84. The van der Waals surface area contributed by atoms with Crippen LogP contribution in [0, 0.1) is 38.5 Å². The van der Waals surface area contributed by atoms with Crippen molar-refractivity contribution in [2.75, 3.05) is 5.32 Å². The lowest BCUT2D eigenvalue weighted by Gasteiger charge is -2.22. The molecule has 1 aromatic carbocycles. The Labute approximate surface area is 119 Å². The molecule has 1 amide bonds. The van der Waals surface area contributed by atoms with Crippen molar-refractivity contribution < 1.29 is 18.5 Å². The van der Waals surface area contributed by atoms with E-state index in [1.807, 2.05) is 11.4 Å². The lowest BCUT2D eigenvalue weighted by atomic mass is 9.83. The van der Waals surface area contributed by atoms with Crippen molar-refractivity contribution in [3.63, 3.8) is 0 Å². The molecule has 0 aliphatic rings. The van der Waals surface area contributed by atoms with Crippen LogP contribution in [-0.2, 0) is 4.79 Å². The lowest BCUT2D eigenvalue weighted by molar-refractivity contribution is -0.384. The van der Waals surface area contributed by atoms with Gasteiger partial charge in [0.1, 0.15) is 11.2 Å². The summed E-state index contributed by atoms with van der Waals surface area (Å²) < 4.78 is 26.7. The zero-order valence-corrected chi connectivity index (χ0v) is 11.4. The van der Waals surface area contributed by atoms with E-state index in [0.29, 0.717) is 12.1 Å². The van der Waals surface area contributed by atoms with Crippen molar-refractivity contribution in [1.29, 1.82) is 5.26 Å². The van der Waals surface area contributed by atoms with Crippen LogP contribution in [0.2, 0.25) is 0 Å². The third-order valence-corrected chi connectivity index (χ3v) is 3.33. The molecule has 1 aromatic rings. The van der Waals surface area contributed by atoms with Gasteiger partial charge in [-0.2, -0.15) is 5.26 Å². The van der Waals surface area contributed by atoms with Crippen molar-refractivity contribution in [3.8, 4) is 6.07 Å². The highest BCUT2D eigenvalue weighted by Gasteiger charge is 2.37. The van der Waals surface area contributed by atoms with Gasteiger partial charge in [0.15, 0.2) is 11.5 Å². The maximum absolute atomic E-state index is 13.7. The average Bonchev–Trinajstić information content (AvgIpc) is 2.43. The van der Waals surface area contributed by atoms with Crippen LogP contribution in [0.3, 0.4) is 0 Å². The van der Waals surface area contributed by atoms with Gasteiger partial charge in [0.25, 0.3) is 5.69 Å². The van der Waals surface area contributed by atoms with Gasteiger partial charge in [0, 0.05) is 6.07 Å². The van der Waals surface area contributed by atoms with Crippen molar-refractivity contribution in [1.82, 2.24) is 0 Å². The number of nitrogens with one attached hydrogen (secondary N) is 1. The topological polar surface area (TPSA) is 96.0 Å². The third kappa shape index (κ3) is 3.13. The number of amides is 1. The van der Waals surface area contributed by atoms with Gasteiger partial charge in [0.2, 0.25) is 5.91 Å². The van der Waals surface area contributed by atoms with Gasteiger partial charge in [-0.05, 0) is 12.8 Å². The van der Waals surface area contributed by atoms with Crippen LogP contribution in [0.5, 0.6) is 0 Å². The second-order valence-electron chi connectivity index (χ2n) is 4.39. The fourth-order valence-electron chi connectivity index (χ4n) is 1.84. The number of nitrogens with zero attached hydrogens (tertiary/aromatic N) is 2. The Morgan fingerprint density at radius 1 is 1.43 bits per heavy atom. The predicted octanol–water partition coefficient (Wildman–Crippen LogP) is 3.14. The van der Waals surface area contributed by atoms with E-state index in [9.17, 15) is 23.7 Å². The molecule has 6 nitrogen and oxygen atoms in total. The van der Waals surface area contributed by atoms with Crippen LogP contribution in [-0.4, -0.2) is 10.8 Å². The smallest absolute Gasteiger partial charge is 0.298 e. The van der Waals surface area contributed by atoms with Crippen LogP contribution < -0.4 is 5.32 Å². The van der Waals surface area contributed by atoms with Crippen LogP contribution in [0.1, 0.15) is 26.7 Å². The molecule has 0 bridgehead atoms. The van der Waals surface area contributed by atoms with Crippen LogP contribution >= 0.6 is 0 Å². The van der Waals surface area contributed by atoms with Crippen molar-refractivity contribution in [2.45, 2.75) is 26.7 Å². The molecule has 0 fully saturated rings. The molecular formula is C13H13F2N3O3. The summed E-state index contributed by atoms with van der Waals surface area (Å²) in [5, 5.41) is 22.0. The van der Waals surface area contributed by atoms with Gasteiger partial charge in [-0.1, -0.05) is 13.8 Å². The number of nitro benzene ring substituents is 1. The first-order valence-corrected chi connectivity index (χ1v) is 6.17. The number of carbonyl (C=O) groups is 1. The highest BCUT2D eigenvalue weighted by atomic mass is 19.1. The Morgan fingerprint density at radius 3 is 2.43 bits per heavy atom. The van der Waals surface area contributed by atoms with E-state index >= 15 is 0 Å². The summed E-state index contributed by atoms with van der Waals surface area (Å²) in [6.07, 6.45) is 0.310. The zero-order valence-electron chi connectivity index (χ0n) is 11.4. The first-order valence-electron chi connectivity index (χ1n) is 6.17. The number of hydrogen-bond acceptors (Lipinski definition) is 4. The first-order chi connectivity index (χ1) is 9.81. The number of rotatable bonds is 5. The second-order valence-corrected chi connectivity index (χ2v) is 4.39. The van der Waals surface area contributed by atoms with Gasteiger partial charge in [0.05, 0.1) is 17.1 Å². The van der Waals surface area contributed by atoms with E-state index in [1.54, 1.807) is 13.8 Å². The minimum atomic E-state index is -1.42. The summed E-state index contributed by atoms with van der Waals surface area (Å²) >= 11 is 0. The zero-order chi connectivity index (χ0) is 16.2. The van der Waals surface area contributed by atoms with Crippen molar-refractivity contribution in [2.24, 2.45) is 5.41 Å². The van der Waals surface area contributed by atoms with Gasteiger partial charge in [-0.3, -0.25) is 14.9 Å². The maximum Gasteiger partial charge on any atom is 0.298 e. The maximum atomic E-state index is 13.7. The molecule has 0 unspecified atom stereocenters. The largest absolute Gasteiger partial charge is 0.317 e. The monoisotopic (exact) mass is 297 g/mol. The molecule has 8 heteroatoms. The summed E-state index contributed by atoms with van der Waals surface area (Å²) in [6.45, 7) is 3.20. The molecule has 0 saturated carbocycles. The van der Waals surface area contributed by atoms with E-state index < -0.39 is 39.3 Å². The van der Waals surface area contributed by atoms with Crippen molar-refractivity contribution in [3.05, 3.63) is 33.9 Å². The Bertz CT molecular complexity index is 622. The quantitative estimate of drug-likeness (QED) is 0.667.